The largest absolute Gasteiger partial charge is 0.366 e. The summed E-state index contributed by atoms with van der Waals surface area (Å²) >= 11 is 7.88. The van der Waals surface area contributed by atoms with Gasteiger partial charge in [-0.3, -0.25) is 14.5 Å². The highest BCUT2D eigenvalue weighted by molar-refractivity contribution is 7.15. The van der Waals surface area contributed by atoms with Gasteiger partial charge in [0.1, 0.15) is 0 Å². The summed E-state index contributed by atoms with van der Waals surface area (Å²) in [4.78, 5) is 30.6. The number of nitrogens with two attached hydrogens (primary N) is 1. The van der Waals surface area contributed by atoms with E-state index in [9.17, 15) is 9.59 Å². The third-order valence-corrected chi connectivity index (χ3v) is 6.58. The Morgan fingerprint density at radius 2 is 1.63 bits per heavy atom. The second-order valence-electron chi connectivity index (χ2n) is 7.29. The van der Waals surface area contributed by atoms with Crippen molar-refractivity contribution in [2.24, 2.45) is 5.73 Å². The number of halogens is 1. The van der Waals surface area contributed by atoms with Crippen LogP contribution in [0.4, 0.5) is 0 Å². The molecule has 0 radical (unpaired) electrons. The van der Waals surface area contributed by atoms with E-state index in [4.69, 9.17) is 17.3 Å². The molecule has 5 nitrogen and oxygen atoms in total. The van der Waals surface area contributed by atoms with Crippen LogP contribution < -0.4 is 5.73 Å². The van der Waals surface area contributed by atoms with E-state index in [0.717, 1.165) is 30.2 Å². The van der Waals surface area contributed by atoms with Crippen LogP contribution in [0.15, 0.2) is 60.7 Å². The average Bonchev–Trinajstić information content (AvgIpc) is 3.22. The lowest BCUT2D eigenvalue weighted by atomic mass is 10.1. The summed E-state index contributed by atoms with van der Waals surface area (Å²) in [5, 5.41) is 0.743. The van der Waals surface area contributed by atoms with Crippen molar-refractivity contribution in [1.82, 2.24) is 9.80 Å². The minimum absolute atomic E-state index is 0.00923. The number of thiophene rings is 1. The first kappa shape index (κ1) is 20.6. The molecular formula is C23H22ClN3O2S. The van der Waals surface area contributed by atoms with Gasteiger partial charge in [-0.1, -0.05) is 23.7 Å². The van der Waals surface area contributed by atoms with Gasteiger partial charge in [0.05, 0.1) is 0 Å². The van der Waals surface area contributed by atoms with Crippen molar-refractivity contribution in [2.75, 3.05) is 26.2 Å². The van der Waals surface area contributed by atoms with Crippen molar-refractivity contribution >= 4 is 34.8 Å². The molecule has 2 heterocycles. The topological polar surface area (TPSA) is 66.6 Å². The van der Waals surface area contributed by atoms with Gasteiger partial charge in [-0.25, -0.2) is 0 Å². The van der Waals surface area contributed by atoms with E-state index in [1.807, 2.05) is 23.1 Å². The van der Waals surface area contributed by atoms with E-state index in [-0.39, 0.29) is 5.91 Å². The van der Waals surface area contributed by atoms with Crippen LogP contribution >= 0.6 is 22.9 Å². The number of nitrogens with zero attached hydrogens (tertiary/aromatic N) is 2. The van der Waals surface area contributed by atoms with Crippen molar-refractivity contribution in [1.29, 1.82) is 0 Å². The number of carbonyl (C=O) groups excluding carboxylic acids is 2. The van der Waals surface area contributed by atoms with Crippen molar-refractivity contribution in [3.8, 4) is 10.4 Å². The highest BCUT2D eigenvalue weighted by atomic mass is 35.5. The third-order valence-electron chi connectivity index (χ3n) is 5.23. The van der Waals surface area contributed by atoms with E-state index in [1.165, 1.54) is 9.75 Å². The second kappa shape index (κ2) is 9.00. The van der Waals surface area contributed by atoms with Gasteiger partial charge in [0.15, 0.2) is 0 Å². The Balaban J connectivity index is 1.32. The minimum Gasteiger partial charge on any atom is -0.366 e. The highest BCUT2D eigenvalue weighted by Gasteiger charge is 2.22. The molecule has 2 aromatic carbocycles. The molecule has 0 bridgehead atoms. The standard InChI is InChI=1S/C23H22ClN3O2S/c24-19-3-1-2-18(14-19)21-9-8-20(30-21)15-26-10-12-27(13-11-26)23(29)17-6-4-16(5-7-17)22(25)28/h1-9,14H,10-13,15H2,(H2,25,28). The fraction of sp³-hybridized carbons (Fsp3) is 0.217. The minimum atomic E-state index is -0.491. The second-order valence-corrected chi connectivity index (χ2v) is 8.89. The van der Waals surface area contributed by atoms with E-state index >= 15 is 0 Å². The van der Waals surface area contributed by atoms with Gasteiger partial charge in [0, 0.05) is 58.6 Å². The van der Waals surface area contributed by atoms with E-state index in [2.05, 4.69) is 23.1 Å². The van der Waals surface area contributed by atoms with Crippen LogP contribution in [0.1, 0.15) is 25.6 Å². The first-order valence-corrected chi connectivity index (χ1v) is 11.0. The highest BCUT2D eigenvalue weighted by Crippen LogP contribution is 2.30. The number of benzene rings is 2. The summed E-state index contributed by atoms with van der Waals surface area (Å²) in [5.74, 6) is -0.500. The van der Waals surface area contributed by atoms with Crippen LogP contribution in [0.5, 0.6) is 0 Å². The Morgan fingerprint density at radius 3 is 2.30 bits per heavy atom. The smallest absolute Gasteiger partial charge is 0.253 e. The van der Waals surface area contributed by atoms with E-state index < -0.39 is 5.91 Å². The van der Waals surface area contributed by atoms with Gasteiger partial charge < -0.3 is 10.6 Å². The van der Waals surface area contributed by atoms with Crippen LogP contribution in [0, 0.1) is 0 Å². The molecule has 0 aliphatic carbocycles. The molecule has 1 fully saturated rings. The Kier molecular flexibility index (Phi) is 6.18. The molecule has 0 saturated carbocycles. The lowest BCUT2D eigenvalue weighted by Gasteiger charge is -2.34. The van der Waals surface area contributed by atoms with Gasteiger partial charge in [0.2, 0.25) is 5.91 Å². The van der Waals surface area contributed by atoms with Crippen molar-refractivity contribution in [3.63, 3.8) is 0 Å². The molecule has 4 rings (SSSR count). The summed E-state index contributed by atoms with van der Waals surface area (Å²) in [6.45, 7) is 3.90. The average molecular weight is 440 g/mol. The normalized spacial score (nSPS) is 14.6. The van der Waals surface area contributed by atoms with E-state index in [1.54, 1.807) is 35.6 Å². The molecule has 1 aromatic heterocycles. The van der Waals surface area contributed by atoms with Crippen LogP contribution in [-0.4, -0.2) is 47.8 Å². The summed E-state index contributed by atoms with van der Waals surface area (Å²) in [6.07, 6.45) is 0. The Hall–Kier alpha value is -2.67. The quantitative estimate of drug-likeness (QED) is 0.650. The molecule has 2 N–H and O–H groups in total. The van der Waals surface area contributed by atoms with Crippen LogP contribution in [0.25, 0.3) is 10.4 Å². The maximum atomic E-state index is 12.7. The maximum Gasteiger partial charge on any atom is 0.253 e. The number of rotatable bonds is 5. The number of primary amides is 1. The van der Waals surface area contributed by atoms with Gasteiger partial charge in [-0.15, -0.1) is 11.3 Å². The molecular weight excluding hydrogens is 418 g/mol. The monoisotopic (exact) mass is 439 g/mol. The molecule has 1 aliphatic heterocycles. The zero-order chi connectivity index (χ0) is 21.1. The SMILES string of the molecule is NC(=O)c1ccc(C(=O)N2CCN(Cc3ccc(-c4cccc(Cl)c4)s3)CC2)cc1. The molecule has 1 aliphatic rings. The lowest BCUT2D eigenvalue weighted by Crippen LogP contribution is -2.48. The number of hydrogen-bond acceptors (Lipinski definition) is 4. The number of hydrogen-bond donors (Lipinski definition) is 1. The van der Waals surface area contributed by atoms with Gasteiger partial charge in [-0.05, 0) is 54.1 Å². The van der Waals surface area contributed by atoms with Crippen molar-refractivity contribution < 1.29 is 9.59 Å². The number of piperazine rings is 1. The van der Waals surface area contributed by atoms with Crippen molar-refractivity contribution in [3.05, 3.63) is 81.7 Å². The van der Waals surface area contributed by atoms with Crippen LogP contribution in [0.2, 0.25) is 5.02 Å². The van der Waals surface area contributed by atoms with Gasteiger partial charge in [-0.2, -0.15) is 0 Å². The molecule has 0 atom stereocenters. The third kappa shape index (κ3) is 4.73. The van der Waals surface area contributed by atoms with Gasteiger partial charge in [0.25, 0.3) is 5.91 Å². The molecule has 154 valence electrons. The first-order valence-electron chi connectivity index (χ1n) is 9.76. The fourth-order valence-corrected chi connectivity index (χ4v) is 4.79. The Bertz CT molecular complexity index is 1060. The summed E-state index contributed by atoms with van der Waals surface area (Å²) in [6, 6.07) is 18.7. The van der Waals surface area contributed by atoms with E-state index in [0.29, 0.717) is 24.2 Å². The molecule has 0 unspecified atom stereocenters. The lowest BCUT2D eigenvalue weighted by molar-refractivity contribution is 0.0629. The Morgan fingerprint density at radius 1 is 0.933 bits per heavy atom. The molecule has 3 aromatic rings. The first-order chi connectivity index (χ1) is 14.5. The van der Waals surface area contributed by atoms with Gasteiger partial charge >= 0.3 is 0 Å². The summed E-state index contributed by atoms with van der Waals surface area (Å²) < 4.78 is 0. The molecule has 7 heteroatoms. The zero-order valence-electron chi connectivity index (χ0n) is 16.4. The summed E-state index contributed by atoms with van der Waals surface area (Å²) in [7, 11) is 0. The summed E-state index contributed by atoms with van der Waals surface area (Å²) in [5.41, 5.74) is 7.38. The predicted molar refractivity (Wildman–Crippen MR) is 121 cm³/mol. The molecule has 2 amide bonds. The zero-order valence-corrected chi connectivity index (χ0v) is 18.0. The molecule has 0 spiro atoms. The van der Waals surface area contributed by atoms with Crippen molar-refractivity contribution in [2.45, 2.75) is 6.54 Å². The maximum absolute atomic E-state index is 12.7. The fourth-order valence-electron chi connectivity index (χ4n) is 3.55. The Labute approximate surface area is 184 Å². The number of amides is 2. The molecule has 1 saturated heterocycles. The predicted octanol–water partition coefficient (Wildman–Crippen LogP) is 4.13. The number of carbonyl (C=O) groups is 2. The molecule has 30 heavy (non-hydrogen) atoms. The van der Waals surface area contributed by atoms with Crippen LogP contribution in [-0.2, 0) is 6.54 Å². The van der Waals surface area contributed by atoms with Crippen LogP contribution in [0.3, 0.4) is 0 Å².